The monoisotopic (exact) mass is 316 g/mol. The molecule has 0 saturated carbocycles. The van der Waals surface area contributed by atoms with E-state index in [1.165, 1.54) is 16.2 Å². The highest BCUT2D eigenvalue weighted by Crippen LogP contribution is 2.37. The van der Waals surface area contributed by atoms with Crippen LogP contribution in [0.25, 0.3) is 0 Å². The largest absolute Gasteiger partial charge is 0.312 e. The first kappa shape index (κ1) is 14.1. The Morgan fingerprint density at radius 1 is 1.29 bits per heavy atom. The minimum absolute atomic E-state index is 0.268. The molecule has 0 radical (unpaired) electrons. The summed E-state index contributed by atoms with van der Waals surface area (Å²) in [6.07, 6.45) is 4.18. The lowest BCUT2D eigenvalue weighted by Gasteiger charge is -2.09. The third kappa shape index (κ3) is 2.67. The standard InChI is InChI=1S/C16H13ClN2OS/c17-13-7-3-1-6-11(13)15(20)19-16-12(9-18)10-5-2-4-8-14(10)21-16/h1,3,6-7H,2,4-5,8H2,(H,19,20). The quantitative estimate of drug-likeness (QED) is 0.892. The van der Waals surface area contributed by atoms with E-state index in [4.69, 9.17) is 11.6 Å². The molecular formula is C16H13ClN2OS. The number of benzene rings is 1. The molecular weight excluding hydrogens is 304 g/mol. The fraction of sp³-hybridized carbons (Fsp3) is 0.250. The van der Waals surface area contributed by atoms with E-state index in [0.717, 1.165) is 31.2 Å². The number of halogens is 1. The highest BCUT2D eigenvalue weighted by molar-refractivity contribution is 7.16. The normalized spacial score (nSPS) is 13.3. The van der Waals surface area contributed by atoms with E-state index in [9.17, 15) is 10.1 Å². The average molecular weight is 317 g/mol. The lowest BCUT2D eigenvalue weighted by Crippen LogP contribution is -2.12. The average Bonchev–Trinajstić information content (AvgIpc) is 2.84. The van der Waals surface area contributed by atoms with Crippen LogP contribution in [0.1, 0.15) is 39.2 Å². The minimum Gasteiger partial charge on any atom is -0.312 e. The molecule has 2 aromatic rings. The molecule has 1 aromatic heterocycles. The van der Waals surface area contributed by atoms with Crippen LogP contribution in [-0.4, -0.2) is 5.91 Å². The third-order valence-electron chi connectivity index (χ3n) is 3.63. The van der Waals surface area contributed by atoms with Crippen LogP contribution >= 0.6 is 22.9 Å². The SMILES string of the molecule is N#Cc1c(NC(=O)c2ccccc2Cl)sc2c1CCCC2. The minimum atomic E-state index is -0.268. The Morgan fingerprint density at radius 2 is 2.05 bits per heavy atom. The van der Waals surface area contributed by atoms with Crippen LogP contribution in [-0.2, 0) is 12.8 Å². The summed E-state index contributed by atoms with van der Waals surface area (Å²) in [6, 6.07) is 9.15. The second-order valence-corrected chi connectivity index (χ2v) is 6.47. The van der Waals surface area contributed by atoms with Crippen molar-refractivity contribution in [2.24, 2.45) is 0 Å². The van der Waals surface area contributed by atoms with Gasteiger partial charge in [-0.3, -0.25) is 4.79 Å². The topological polar surface area (TPSA) is 52.9 Å². The first-order chi connectivity index (χ1) is 10.2. The van der Waals surface area contributed by atoms with Crippen LogP contribution < -0.4 is 5.32 Å². The van der Waals surface area contributed by atoms with E-state index in [0.29, 0.717) is 21.2 Å². The Hall–Kier alpha value is -1.83. The molecule has 21 heavy (non-hydrogen) atoms. The van der Waals surface area contributed by atoms with E-state index in [2.05, 4.69) is 11.4 Å². The zero-order valence-electron chi connectivity index (χ0n) is 11.3. The van der Waals surface area contributed by atoms with Crippen molar-refractivity contribution in [2.75, 3.05) is 5.32 Å². The van der Waals surface area contributed by atoms with Gasteiger partial charge in [-0.15, -0.1) is 11.3 Å². The molecule has 0 fully saturated rings. The van der Waals surface area contributed by atoms with Crippen LogP contribution in [0.15, 0.2) is 24.3 Å². The fourth-order valence-corrected chi connectivity index (χ4v) is 4.04. The number of nitrogens with zero attached hydrogens (tertiary/aromatic N) is 1. The van der Waals surface area contributed by atoms with E-state index in [1.54, 1.807) is 24.3 Å². The number of nitriles is 1. The van der Waals surface area contributed by atoms with Crippen LogP contribution in [0.3, 0.4) is 0 Å². The number of fused-ring (bicyclic) bond motifs is 1. The summed E-state index contributed by atoms with van der Waals surface area (Å²) in [5.41, 5.74) is 2.16. The second kappa shape index (κ2) is 5.88. The molecule has 1 amide bonds. The summed E-state index contributed by atoms with van der Waals surface area (Å²) in [5, 5.41) is 13.3. The maximum atomic E-state index is 12.3. The van der Waals surface area contributed by atoms with Crippen molar-refractivity contribution in [2.45, 2.75) is 25.7 Å². The number of carbonyl (C=O) groups is 1. The molecule has 3 rings (SSSR count). The molecule has 1 aromatic carbocycles. The molecule has 0 aliphatic heterocycles. The molecule has 0 unspecified atom stereocenters. The second-order valence-electron chi connectivity index (χ2n) is 4.96. The number of carbonyl (C=O) groups excluding carboxylic acids is 1. The van der Waals surface area contributed by atoms with Crippen LogP contribution in [0.5, 0.6) is 0 Å². The van der Waals surface area contributed by atoms with Crippen LogP contribution in [0.2, 0.25) is 5.02 Å². The van der Waals surface area contributed by atoms with Gasteiger partial charge in [0.05, 0.1) is 16.1 Å². The first-order valence-corrected chi connectivity index (χ1v) is 8.00. The number of hydrogen-bond donors (Lipinski definition) is 1. The van der Waals surface area contributed by atoms with Gasteiger partial charge in [0.2, 0.25) is 0 Å². The zero-order valence-corrected chi connectivity index (χ0v) is 12.9. The first-order valence-electron chi connectivity index (χ1n) is 6.81. The van der Waals surface area contributed by atoms with Crippen LogP contribution in [0, 0.1) is 11.3 Å². The number of anilines is 1. The molecule has 0 atom stereocenters. The molecule has 1 N–H and O–H groups in total. The Morgan fingerprint density at radius 3 is 2.81 bits per heavy atom. The van der Waals surface area contributed by atoms with Gasteiger partial charge in [0, 0.05) is 4.88 Å². The molecule has 0 bridgehead atoms. The van der Waals surface area contributed by atoms with Gasteiger partial charge in [-0.05, 0) is 43.4 Å². The van der Waals surface area contributed by atoms with E-state index in [-0.39, 0.29) is 5.91 Å². The van der Waals surface area contributed by atoms with Crippen molar-refractivity contribution in [3.8, 4) is 6.07 Å². The number of aryl methyl sites for hydroxylation is 1. The van der Waals surface area contributed by atoms with E-state index >= 15 is 0 Å². The molecule has 5 heteroatoms. The predicted octanol–water partition coefficient (Wildman–Crippen LogP) is 4.40. The Balaban J connectivity index is 1.92. The van der Waals surface area contributed by atoms with Gasteiger partial charge in [-0.25, -0.2) is 0 Å². The highest BCUT2D eigenvalue weighted by atomic mass is 35.5. The van der Waals surface area contributed by atoms with Crippen LogP contribution in [0.4, 0.5) is 5.00 Å². The van der Waals surface area contributed by atoms with Crippen molar-refractivity contribution in [1.29, 1.82) is 5.26 Å². The lowest BCUT2D eigenvalue weighted by atomic mass is 9.96. The number of hydrogen-bond acceptors (Lipinski definition) is 3. The molecule has 1 aliphatic carbocycles. The maximum Gasteiger partial charge on any atom is 0.257 e. The molecule has 106 valence electrons. The smallest absolute Gasteiger partial charge is 0.257 e. The predicted molar refractivity (Wildman–Crippen MR) is 85.1 cm³/mol. The van der Waals surface area contributed by atoms with Gasteiger partial charge in [0.15, 0.2) is 0 Å². The van der Waals surface area contributed by atoms with Crippen molar-refractivity contribution in [3.63, 3.8) is 0 Å². The van der Waals surface area contributed by atoms with E-state index < -0.39 is 0 Å². The Labute approximate surface area is 132 Å². The van der Waals surface area contributed by atoms with E-state index in [1.807, 2.05) is 0 Å². The zero-order chi connectivity index (χ0) is 14.8. The molecule has 1 heterocycles. The van der Waals surface area contributed by atoms with Gasteiger partial charge in [-0.1, -0.05) is 23.7 Å². The summed E-state index contributed by atoms with van der Waals surface area (Å²) >= 11 is 7.56. The van der Waals surface area contributed by atoms with Crippen molar-refractivity contribution in [1.82, 2.24) is 0 Å². The summed E-state index contributed by atoms with van der Waals surface area (Å²) in [5.74, 6) is -0.268. The Kier molecular flexibility index (Phi) is 3.96. The van der Waals surface area contributed by atoms with Crippen molar-refractivity contribution in [3.05, 3.63) is 50.9 Å². The third-order valence-corrected chi connectivity index (χ3v) is 5.17. The molecule has 1 aliphatic rings. The summed E-state index contributed by atoms with van der Waals surface area (Å²) < 4.78 is 0. The van der Waals surface area contributed by atoms with Gasteiger partial charge in [0.25, 0.3) is 5.91 Å². The Bertz CT molecular complexity index is 745. The fourth-order valence-electron chi connectivity index (χ4n) is 2.59. The number of amides is 1. The number of thiophene rings is 1. The van der Waals surface area contributed by atoms with Gasteiger partial charge in [0.1, 0.15) is 11.1 Å². The molecule has 3 nitrogen and oxygen atoms in total. The lowest BCUT2D eigenvalue weighted by molar-refractivity contribution is 0.102. The summed E-state index contributed by atoms with van der Waals surface area (Å²) in [6.45, 7) is 0. The van der Waals surface area contributed by atoms with Gasteiger partial charge < -0.3 is 5.32 Å². The highest BCUT2D eigenvalue weighted by Gasteiger charge is 2.22. The maximum absolute atomic E-state index is 12.3. The van der Waals surface area contributed by atoms with Gasteiger partial charge >= 0.3 is 0 Å². The van der Waals surface area contributed by atoms with Crippen molar-refractivity contribution < 1.29 is 4.79 Å². The van der Waals surface area contributed by atoms with Gasteiger partial charge in [-0.2, -0.15) is 5.26 Å². The molecule has 0 spiro atoms. The number of nitrogens with one attached hydrogen (secondary N) is 1. The molecule has 0 saturated heterocycles. The number of rotatable bonds is 2. The summed E-state index contributed by atoms with van der Waals surface area (Å²) in [7, 11) is 0. The van der Waals surface area contributed by atoms with Crippen molar-refractivity contribution >= 4 is 33.8 Å². The summed E-state index contributed by atoms with van der Waals surface area (Å²) in [4.78, 5) is 13.5.